The van der Waals surface area contributed by atoms with Gasteiger partial charge < -0.3 is 5.32 Å². The highest BCUT2D eigenvalue weighted by molar-refractivity contribution is 5.35. The molecular formula is C16H24N2. The Balaban J connectivity index is 1.79. The van der Waals surface area contributed by atoms with Crippen LogP contribution in [0.3, 0.4) is 0 Å². The highest BCUT2D eigenvalue weighted by atomic mass is 15.2. The van der Waals surface area contributed by atoms with Gasteiger partial charge in [-0.2, -0.15) is 0 Å². The number of aryl methyl sites for hydroxylation is 1. The molecule has 0 aromatic heterocycles. The number of hydrogen-bond acceptors (Lipinski definition) is 2. The Morgan fingerprint density at radius 3 is 2.50 bits per heavy atom. The fraction of sp³-hybridized carbons (Fsp3) is 0.625. The molecule has 1 aliphatic heterocycles. The zero-order valence-corrected chi connectivity index (χ0v) is 11.4. The molecule has 1 aromatic rings. The van der Waals surface area contributed by atoms with Gasteiger partial charge in [-0.3, -0.25) is 4.90 Å². The molecule has 1 heterocycles. The van der Waals surface area contributed by atoms with E-state index in [-0.39, 0.29) is 0 Å². The Kier molecular flexibility index (Phi) is 3.40. The first-order valence-corrected chi connectivity index (χ1v) is 7.29. The van der Waals surface area contributed by atoms with Crippen LogP contribution in [-0.4, -0.2) is 37.6 Å². The van der Waals surface area contributed by atoms with Crippen LogP contribution in [0.15, 0.2) is 24.3 Å². The van der Waals surface area contributed by atoms with Crippen molar-refractivity contribution in [1.82, 2.24) is 10.2 Å². The SMILES string of the molecule is Cc1ccccc1C1(CN2CCNCC2)CCC1. The third-order valence-electron chi connectivity index (χ3n) is 4.76. The van der Waals surface area contributed by atoms with Gasteiger partial charge in [0.25, 0.3) is 0 Å². The van der Waals surface area contributed by atoms with Crippen LogP contribution >= 0.6 is 0 Å². The quantitative estimate of drug-likeness (QED) is 0.878. The lowest BCUT2D eigenvalue weighted by Crippen LogP contribution is -2.52. The van der Waals surface area contributed by atoms with E-state index in [0.717, 1.165) is 13.1 Å². The van der Waals surface area contributed by atoms with E-state index in [2.05, 4.69) is 41.4 Å². The molecular weight excluding hydrogens is 220 g/mol. The molecule has 2 nitrogen and oxygen atoms in total. The maximum atomic E-state index is 3.45. The van der Waals surface area contributed by atoms with Gasteiger partial charge in [-0.05, 0) is 30.9 Å². The summed E-state index contributed by atoms with van der Waals surface area (Å²) < 4.78 is 0. The van der Waals surface area contributed by atoms with Crippen molar-refractivity contribution in [3.05, 3.63) is 35.4 Å². The van der Waals surface area contributed by atoms with Crippen LogP contribution < -0.4 is 5.32 Å². The standard InChI is InChI=1S/C16H24N2/c1-14-5-2-3-6-15(14)16(7-4-8-16)13-18-11-9-17-10-12-18/h2-3,5-6,17H,4,7-13H2,1H3. The molecule has 1 saturated heterocycles. The molecule has 1 aliphatic carbocycles. The molecule has 0 atom stereocenters. The van der Waals surface area contributed by atoms with E-state index in [1.165, 1.54) is 44.5 Å². The van der Waals surface area contributed by atoms with E-state index in [0.29, 0.717) is 5.41 Å². The van der Waals surface area contributed by atoms with Crippen molar-refractivity contribution in [1.29, 1.82) is 0 Å². The summed E-state index contributed by atoms with van der Waals surface area (Å²) in [6.07, 6.45) is 4.16. The molecule has 1 N–H and O–H groups in total. The minimum atomic E-state index is 0.461. The van der Waals surface area contributed by atoms with Crippen LogP contribution in [0.4, 0.5) is 0 Å². The molecule has 98 valence electrons. The largest absolute Gasteiger partial charge is 0.314 e. The van der Waals surface area contributed by atoms with Gasteiger partial charge in [0, 0.05) is 38.1 Å². The second kappa shape index (κ2) is 5.02. The van der Waals surface area contributed by atoms with Crippen molar-refractivity contribution in [3.8, 4) is 0 Å². The predicted octanol–water partition coefficient (Wildman–Crippen LogP) is 2.32. The molecule has 0 amide bonds. The van der Waals surface area contributed by atoms with Crippen LogP contribution in [0.2, 0.25) is 0 Å². The second-order valence-corrected chi connectivity index (χ2v) is 5.97. The van der Waals surface area contributed by atoms with E-state index < -0.39 is 0 Å². The molecule has 2 aliphatic rings. The maximum absolute atomic E-state index is 3.45. The number of piperazine rings is 1. The fourth-order valence-corrected chi connectivity index (χ4v) is 3.58. The Morgan fingerprint density at radius 2 is 1.89 bits per heavy atom. The molecule has 0 spiro atoms. The molecule has 3 rings (SSSR count). The summed E-state index contributed by atoms with van der Waals surface area (Å²) in [4.78, 5) is 2.65. The van der Waals surface area contributed by atoms with Crippen LogP contribution in [0.25, 0.3) is 0 Å². The first-order chi connectivity index (χ1) is 8.80. The Labute approximate surface area is 110 Å². The van der Waals surface area contributed by atoms with Gasteiger partial charge in [0.05, 0.1) is 0 Å². The van der Waals surface area contributed by atoms with E-state index in [9.17, 15) is 0 Å². The van der Waals surface area contributed by atoms with Crippen LogP contribution in [0.1, 0.15) is 30.4 Å². The third kappa shape index (κ3) is 2.19. The highest BCUT2D eigenvalue weighted by Crippen LogP contribution is 2.45. The van der Waals surface area contributed by atoms with E-state index in [1.54, 1.807) is 5.56 Å². The lowest BCUT2D eigenvalue weighted by atomic mass is 9.63. The summed E-state index contributed by atoms with van der Waals surface area (Å²) in [7, 11) is 0. The average molecular weight is 244 g/mol. The van der Waals surface area contributed by atoms with Gasteiger partial charge in [-0.25, -0.2) is 0 Å². The lowest BCUT2D eigenvalue weighted by molar-refractivity contribution is 0.128. The Hall–Kier alpha value is -0.860. The van der Waals surface area contributed by atoms with Gasteiger partial charge in [-0.1, -0.05) is 30.7 Å². The van der Waals surface area contributed by atoms with Gasteiger partial charge >= 0.3 is 0 Å². The molecule has 1 aromatic carbocycles. The van der Waals surface area contributed by atoms with Gasteiger partial charge in [0.2, 0.25) is 0 Å². The van der Waals surface area contributed by atoms with E-state index in [4.69, 9.17) is 0 Å². The number of nitrogens with one attached hydrogen (secondary N) is 1. The first kappa shape index (κ1) is 12.2. The van der Waals surface area contributed by atoms with Crippen molar-refractivity contribution < 1.29 is 0 Å². The Morgan fingerprint density at radius 1 is 1.17 bits per heavy atom. The van der Waals surface area contributed by atoms with Crippen molar-refractivity contribution in [2.24, 2.45) is 0 Å². The smallest absolute Gasteiger partial charge is 0.0108 e. The normalized spacial score (nSPS) is 23.6. The van der Waals surface area contributed by atoms with Gasteiger partial charge in [0.1, 0.15) is 0 Å². The summed E-state index contributed by atoms with van der Waals surface area (Å²) in [5.41, 5.74) is 3.55. The second-order valence-electron chi connectivity index (χ2n) is 5.97. The van der Waals surface area contributed by atoms with Gasteiger partial charge in [0.15, 0.2) is 0 Å². The molecule has 18 heavy (non-hydrogen) atoms. The van der Waals surface area contributed by atoms with Gasteiger partial charge in [-0.15, -0.1) is 0 Å². The summed E-state index contributed by atoms with van der Waals surface area (Å²) in [5, 5.41) is 3.45. The summed E-state index contributed by atoms with van der Waals surface area (Å²) in [6.45, 7) is 8.28. The van der Waals surface area contributed by atoms with Crippen LogP contribution in [0, 0.1) is 6.92 Å². The first-order valence-electron chi connectivity index (χ1n) is 7.29. The summed E-state index contributed by atoms with van der Waals surface area (Å²) in [6, 6.07) is 9.00. The summed E-state index contributed by atoms with van der Waals surface area (Å²) >= 11 is 0. The number of benzene rings is 1. The topological polar surface area (TPSA) is 15.3 Å². The zero-order chi connectivity index (χ0) is 12.4. The van der Waals surface area contributed by atoms with Crippen LogP contribution in [0.5, 0.6) is 0 Å². The minimum Gasteiger partial charge on any atom is -0.314 e. The van der Waals surface area contributed by atoms with Crippen molar-refractivity contribution >= 4 is 0 Å². The molecule has 2 heteroatoms. The molecule has 0 bridgehead atoms. The lowest BCUT2D eigenvalue weighted by Gasteiger charge is -2.47. The van der Waals surface area contributed by atoms with Crippen LogP contribution in [-0.2, 0) is 5.41 Å². The third-order valence-corrected chi connectivity index (χ3v) is 4.76. The number of hydrogen-bond donors (Lipinski definition) is 1. The fourth-order valence-electron chi connectivity index (χ4n) is 3.58. The summed E-state index contributed by atoms with van der Waals surface area (Å²) in [5.74, 6) is 0. The number of nitrogens with zero attached hydrogens (tertiary/aromatic N) is 1. The molecule has 1 saturated carbocycles. The number of rotatable bonds is 3. The maximum Gasteiger partial charge on any atom is 0.0108 e. The van der Waals surface area contributed by atoms with Crippen molar-refractivity contribution in [2.75, 3.05) is 32.7 Å². The monoisotopic (exact) mass is 244 g/mol. The Bertz CT molecular complexity index is 403. The minimum absolute atomic E-state index is 0.461. The molecule has 0 unspecified atom stereocenters. The highest BCUT2D eigenvalue weighted by Gasteiger charge is 2.40. The van der Waals surface area contributed by atoms with Crippen molar-refractivity contribution in [3.63, 3.8) is 0 Å². The van der Waals surface area contributed by atoms with Crippen molar-refractivity contribution in [2.45, 2.75) is 31.6 Å². The zero-order valence-electron chi connectivity index (χ0n) is 11.4. The molecule has 2 fully saturated rings. The predicted molar refractivity (Wildman–Crippen MR) is 76.0 cm³/mol. The van der Waals surface area contributed by atoms with E-state index >= 15 is 0 Å². The average Bonchev–Trinajstić information content (AvgIpc) is 2.36. The van der Waals surface area contributed by atoms with E-state index in [1.807, 2.05) is 0 Å². The molecule has 0 radical (unpaired) electrons.